The number of fused-ring (bicyclic) bond motifs is 1. The number of thiophene rings is 1. The second-order valence-corrected chi connectivity index (χ2v) is 8.74. The van der Waals surface area contributed by atoms with Crippen molar-refractivity contribution in [1.82, 2.24) is 19.9 Å². The van der Waals surface area contributed by atoms with Gasteiger partial charge < -0.3 is 15.5 Å². The van der Waals surface area contributed by atoms with E-state index >= 15 is 0 Å². The van der Waals surface area contributed by atoms with Gasteiger partial charge in [0.2, 0.25) is 0 Å². The molecule has 1 atom stereocenters. The first-order valence-corrected chi connectivity index (χ1v) is 10.1. The largest absolute Gasteiger partial charge is 0.397 e. The molecule has 1 aliphatic heterocycles. The van der Waals surface area contributed by atoms with Gasteiger partial charge in [0.15, 0.2) is 0 Å². The number of pyridine rings is 1. The number of hydrogen-bond acceptors (Lipinski definition) is 7. The van der Waals surface area contributed by atoms with Crippen LogP contribution in [0.5, 0.6) is 0 Å². The average molecular weight is 397 g/mol. The molecule has 0 unspecified atom stereocenters. The first-order chi connectivity index (χ1) is 13.4. The Morgan fingerprint density at radius 2 is 2.14 bits per heavy atom. The quantitative estimate of drug-likeness (QED) is 0.732. The number of carbonyl (C=O) groups is 1. The monoisotopic (exact) mass is 396 g/mol. The third-order valence-corrected chi connectivity index (χ3v) is 6.49. The number of amides is 1. The second-order valence-electron chi connectivity index (χ2n) is 7.74. The van der Waals surface area contributed by atoms with E-state index < -0.39 is 0 Å². The Labute approximate surface area is 168 Å². The summed E-state index contributed by atoms with van der Waals surface area (Å²) in [7, 11) is 3.46. The maximum Gasteiger partial charge on any atom is 0.265 e. The molecule has 3 aromatic rings. The molecular formula is C20H24N6OS. The number of nitrogen functional groups attached to an aromatic ring is 1. The zero-order chi connectivity index (χ0) is 19.9. The smallest absolute Gasteiger partial charge is 0.265 e. The lowest BCUT2D eigenvalue weighted by molar-refractivity contribution is 0.0833. The van der Waals surface area contributed by atoms with Crippen LogP contribution in [0.1, 0.15) is 35.1 Å². The highest BCUT2D eigenvalue weighted by molar-refractivity contribution is 7.21. The lowest BCUT2D eigenvalue weighted by atomic mass is 9.78. The van der Waals surface area contributed by atoms with Gasteiger partial charge in [0, 0.05) is 56.1 Å². The Morgan fingerprint density at radius 3 is 2.86 bits per heavy atom. The predicted octanol–water partition coefficient (Wildman–Crippen LogP) is 2.93. The molecule has 146 valence electrons. The molecule has 1 amide bonds. The maximum absolute atomic E-state index is 12.4. The van der Waals surface area contributed by atoms with Crippen molar-refractivity contribution < 1.29 is 4.79 Å². The van der Waals surface area contributed by atoms with E-state index in [2.05, 4.69) is 27.9 Å². The summed E-state index contributed by atoms with van der Waals surface area (Å²) in [5.41, 5.74) is 7.68. The van der Waals surface area contributed by atoms with Crippen molar-refractivity contribution in [3.63, 3.8) is 0 Å². The molecular weight excluding hydrogens is 372 g/mol. The van der Waals surface area contributed by atoms with Crippen LogP contribution in [0.2, 0.25) is 0 Å². The Balaban J connectivity index is 1.69. The molecule has 0 spiro atoms. The van der Waals surface area contributed by atoms with Crippen LogP contribution in [0.25, 0.3) is 10.2 Å². The molecule has 3 aromatic heterocycles. The highest BCUT2D eigenvalue weighted by atomic mass is 32.1. The molecule has 28 heavy (non-hydrogen) atoms. The van der Waals surface area contributed by atoms with Gasteiger partial charge in [0.1, 0.15) is 15.5 Å². The Kier molecular flexibility index (Phi) is 4.66. The van der Waals surface area contributed by atoms with Crippen molar-refractivity contribution in [1.29, 1.82) is 0 Å². The minimum Gasteiger partial charge on any atom is -0.397 e. The summed E-state index contributed by atoms with van der Waals surface area (Å²) >= 11 is 1.37. The second kappa shape index (κ2) is 7.01. The molecule has 0 radical (unpaired) electrons. The van der Waals surface area contributed by atoms with Crippen LogP contribution in [-0.4, -0.2) is 52.9 Å². The summed E-state index contributed by atoms with van der Waals surface area (Å²) in [5.74, 6) is 0.813. The van der Waals surface area contributed by atoms with Gasteiger partial charge in [0.25, 0.3) is 5.91 Å². The van der Waals surface area contributed by atoms with Crippen LogP contribution in [0, 0.1) is 0 Å². The summed E-state index contributed by atoms with van der Waals surface area (Å²) in [6.07, 6.45) is 7.33. The van der Waals surface area contributed by atoms with Gasteiger partial charge in [-0.25, -0.2) is 9.97 Å². The third kappa shape index (κ3) is 3.17. The molecule has 0 aromatic carbocycles. The van der Waals surface area contributed by atoms with E-state index in [-0.39, 0.29) is 11.3 Å². The zero-order valence-electron chi connectivity index (χ0n) is 16.3. The summed E-state index contributed by atoms with van der Waals surface area (Å²) in [6, 6.07) is 4.05. The fraction of sp³-hybridized carbons (Fsp3) is 0.400. The van der Waals surface area contributed by atoms with Crippen molar-refractivity contribution in [2.75, 3.05) is 37.8 Å². The fourth-order valence-electron chi connectivity index (χ4n) is 3.79. The minimum atomic E-state index is -0.103. The van der Waals surface area contributed by atoms with Crippen molar-refractivity contribution in [3.05, 3.63) is 41.3 Å². The van der Waals surface area contributed by atoms with E-state index in [9.17, 15) is 4.79 Å². The normalized spacial score (nSPS) is 19.8. The van der Waals surface area contributed by atoms with E-state index in [4.69, 9.17) is 10.7 Å². The number of nitrogens with zero attached hydrogens (tertiary/aromatic N) is 5. The average Bonchev–Trinajstić information content (AvgIpc) is 3.04. The zero-order valence-corrected chi connectivity index (χ0v) is 17.2. The first-order valence-electron chi connectivity index (χ1n) is 9.31. The number of nitrogens with two attached hydrogens (primary N) is 1. The molecule has 4 heterocycles. The Morgan fingerprint density at radius 1 is 1.32 bits per heavy atom. The van der Waals surface area contributed by atoms with Gasteiger partial charge in [0.05, 0.1) is 11.9 Å². The first kappa shape index (κ1) is 18.6. The molecule has 0 bridgehead atoms. The van der Waals surface area contributed by atoms with Crippen LogP contribution in [0.3, 0.4) is 0 Å². The summed E-state index contributed by atoms with van der Waals surface area (Å²) in [4.78, 5) is 31.2. The summed E-state index contributed by atoms with van der Waals surface area (Å²) < 4.78 is 0. The summed E-state index contributed by atoms with van der Waals surface area (Å²) in [6.45, 7) is 4.03. The highest BCUT2D eigenvalue weighted by Crippen LogP contribution is 2.38. The van der Waals surface area contributed by atoms with E-state index in [0.717, 1.165) is 47.7 Å². The standard InChI is InChI=1S/C20H24N6OS/c1-20(7-4-10-26(12-20)15-11-22-8-9-23-15)14-6-5-13-16(21)17(19(27)25(2)3)28-18(13)24-14/h5-6,8-9,11H,4,7,10,12,21H2,1-3H3/t20-/m0/s1. The summed E-state index contributed by atoms with van der Waals surface area (Å²) in [5, 5.41) is 0.851. The van der Waals surface area contributed by atoms with Crippen LogP contribution in [-0.2, 0) is 5.41 Å². The molecule has 0 aliphatic carbocycles. The van der Waals surface area contributed by atoms with Crippen molar-refractivity contribution in [2.24, 2.45) is 0 Å². The number of carbonyl (C=O) groups excluding carboxylic acids is 1. The van der Waals surface area contributed by atoms with Crippen LogP contribution in [0.4, 0.5) is 11.5 Å². The number of rotatable bonds is 3. The van der Waals surface area contributed by atoms with E-state index in [1.807, 2.05) is 12.3 Å². The number of aromatic nitrogens is 3. The van der Waals surface area contributed by atoms with Gasteiger partial charge in [-0.2, -0.15) is 0 Å². The maximum atomic E-state index is 12.4. The Hall–Kier alpha value is -2.74. The molecule has 7 nitrogen and oxygen atoms in total. The van der Waals surface area contributed by atoms with Gasteiger partial charge in [-0.1, -0.05) is 6.92 Å². The van der Waals surface area contributed by atoms with Crippen molar-refractivity contribution in [3.8, 4) is 0 Å². The number of piperidine rings is 1. The van der Waals surface area contributed by atoms with Crippen LogP contribution < -0.4 is 10.6 Å². The third-order valence-electron chi connectivity index (χ3n) is 5.38. The van der Waals surface area contributed by atoms with Crippen LogP contribution in [0.15, 0.2) is 30.7 Å². The molecule has 8 heteroatoms. The van der Waals surface area contributed by atoms with Crippen LogP contribution >= 0.6 is 11.3 Å². The molecule has 1 fully saturated rings. The molecule has 4 rings (SSSR count). The molecule has 1 saturated heterocycles. The van der Waals surface area contributed by atoms with Gasteiger partial charge in [-0.05, 0) is 25.0 Å². The molecule has 2 N–H and O–H groups in total. The SMILES string of the molecule is CN(C)C(=O)c1sc2nc([C@@]3(C)CCCN(c4cnccn4)C3)ccc2c1N. The molecule has 1 aliphatic rings. The van der Waals surface area contributed by atoms with Crippen molar-refractivity contribution >= 4 is 39.0 Å². The van der Waals surface area contributed by atoms with Gasteiger partial charge in [-0.15, -0.1) is 11.3 Å². The fourth-order valence-corrected chi connectivity index (χ4v) is 4.91. The molecule has 0 saturated carbocycles. The predicted molar refractivity (Wildman–Crippen MR) is 113 cm³/mol. The van der Waals surface area contributed by atoms with E-state index in [1.54, 1.807) is 31.4 Å². The lowest BCUT2D eigenvalue weighted by Gasteiger charge is -2.40. The highest BCUT2D eigenvalue weighted by Gasteiger charge is 2.35. The lowest BCUT2D eigenvalue weighted by Crippen LogP contribution is -2.45. The Bertz CT molecular complexity index is 1020. The van der Waals surface area contributed by atoms with Crippen molar-refractivity contribution in [2.45, 2.75) is 25.2 Å². The topological polar surface area (TPSA) is 88.2 Å². The number of hydrogen-bond donors (Lipinski definition) is 1. The van der Waals surface area contributed by atoms with Gasteiger partial charge in [-0.3, -0.25) is 9.78 Å². The van der Waals surface area contributed by atoms with E-state index in [1.165, 1.54) is 11.3 Å². The number of anilines is 2. The van der Waals surface area contributed by atoms with E-state index in [0.29, 0.717) is 10.6 Å². The van der Waals surface area contributed by atoms with Gasteiger partial charge >= 0.3 is 0 Å². The minimum absolute atomic E-state index is 0.0836.